The maximum absolute atomic E-state index is 11.3. The molecule has 116 valence electrons. The zero-order chi connectivity index (χ0) is 15.3. The van der Waals surface area contributed by atoms with Crippen molar-refractivity contribution in [3.05, 3.63) is 41.5 Å². The van der Waals surface area contributed by atoms with Gasteiger partial charge in [-0.3, -0.25) is 4.79 Å². The summed E-state index contributed by atoms with van der Waals surface area (Å²) in [5, 5.41) is 0. The van der Waals surface area contributed by atoms with E-state index in [-0.39, 0.29) is 11.4 Å². The fourth-order valence-electron chi connectivity index (χ4n) is 4.92. The molecule has 1 fully saturated rings. The third-order valence-electron chi connectivity index (χ3n) is 5.94. The van der Waals surface area contributed by atoms with Crippen LogP contribution in [0.25, 0.3) is 0 Å². The molecule has 3 nitrogen and oxygen atoms in total. The maximum Gasteiger partial charge on any atom is 0.308 e. The van der Waals surface area contributed by atoms with Gasteiger partial charge >= 0.3 is 5.97 Å². The summed E-state index contributed by atoms with van der Waals surface area (Å²) >= 11 is 0. The van der Waals surface area contributed by atoms with E-state index >= 15 is 0 Å². The first kappa shape index (κ1) is 14.0. The minimum Gasteiger partial charge on any atom is -0.427 e. The molecule has 3 atom stereocenters. The Morgan fingerprint density at radius 3 is 3.05 bits per heavy atom. The second-order valence-electron chi connectivity index (χ2n) is 7.06. The smallest absolute Gasteiger partial charge is 0.308 e. The van der Waals surface area contributed by atoms with Crippen LogP contribution in [0.15, 0.2) is 30.4 Å². The Morgan fingerprint density at radius 1 is 1.36 bits per heavy atom. The number of benzene rings is 1. The third kappa shape index (κ3) is 1.95. The van der Waals surface area contributed by atoms with E-state index in [4.69, 9.17) is 4.74 Å². The molecule has 0 aromatic heterocycles. The second kappa shape index (κ2) is 4.95. The molecule has 1 aliphatic heterocycles. The van der Waals surface area contributed by atoms with E-state index in [2.05, 4.69) is 36.2 Å². The van der Waals surface area contributed by atoms with Gasteiger partial charge in [0.2, 0.25) is 0 Å². The van der Waals surface area contributed by atoms with Gasteiger partial charge in [-0.2, -0.15) is 0 Å². The molecule has 3 aliphatic rings. The molecule has 3 heteroatoms. The van der Waals surface area contributed by atoms with Crippen LogP contribution >= 0.6 is 0 Å². The molecule has 0 spiro atoms. The Hall–Kier alpha value is -1.61. The molecule has 0 radical (unpaired) electrons. The van der Waals surface area contributed by atoms with E-state index in [0.717, 1.165) is 19.4 Å². The van der Waals surface area contributed by atoms with Crippen LogP contribution in [0.2, 0.25) is 0 Å². The normalized spacial score (nSPS) is 33.0. The van der Waals surface area contributed by atoms with Crippen molar-refractivity contribution in [3.63, 3.8) is 0 Å². The molecule has 1 aromatic rings. The number of allylic oxidation sites excluding steroid dienone is 1. The molecule has 4 rings (SSSR count). The first-order valence-corrected chi connectivity index (χ1v) is 8.29. The van der Waals surface area contributed by atoms with Crippen molar-refractivity contribution < 1.29 is 9.53 Å². The van der Waals surface area contributed by atoms with E-state index in [1.165, 1.54) is 30.9 Å². The number of ether oxygens (including phenoxy) is 1. The number of fused-ring (bicyclic) bond motifs is 1. The zero-order valence-electron chi connectivity index (χ0n) is 13.3. The van der Waals surface area contributed by atoms with Crippen molar-refractivity contribution in [3.8, 4) is 5.75 Å². The fraction of sp³-hybridized carbons (Fsp3) is 0.526. The fourth-order valence-corrected chi connectivity index (χ4v) is 4.92. The molecule has 2 aliphatic carbocycles. The van der Waals surface area contributed by atoms with Crippen molar-refractivity contribution in [1.29, 1.82) is 0 Å². The largest absolute Gasteiger partial charge is 0.427 e. The van der Waals surface area contributed by atoms with Crippen LogP contribution in [0, 0.1) is 5.92 Å². The van der Waals surface area contributed by atoms with Gasteiger partial charge in [0.25, 0.3) is 0 Å². The Morgan fingerprint density at radius 2 is 2.23 bits per heavy atom. The highest BCUT2D eigenvalue weighted by molar-refractivity contribution is 5.69. The first-order valence-electron chi connectivity index (χ1n) is 8.29. The highest BCUT2D eigenvalue weighted by Gasteiger charge is 2.51. The number of likely N-dealkylation sites (tertiary alicyclic amines) is 1. The Kier molecular flexibility index (Phi) is 3.15. The molecule has 2 bridgehead atoms. The third-order valence-corrected chi connectivity index (χ3v) is 5.94. The van der Waals surface area contributed by atoms with Gasteiger partial charge in [-0.05, 0) is 62.5 Å². The highest BCUT2D eigenvalue weighted by Crippen LogP contribution is 2.54. The van der Waals surface area contributed by atoms with Gasteiger partial charge in [0, 0.05) is 24.3 Å². The van der Waals surface area contributed by atoms with Gasteiger partial charge < -0.3 is 9.64 Å². The van der Waals surface area contributed by atoms with E-state index < -0.39 is 0 Å². The number of rotatable bonds is 1. The van der Waals surface area contributed by atoms with E-state index in [1.54, 1.807) is 0 Å². The molecular weight excluding hydrogens is 274 g/mol. The minimum atomic E-state index is -0.241. The van der Waals surface area contributed by atoms with Gasteiger partial charge in [0.05, 0.1) is 0 Å². The number of nitrogens with zero attached hydrogens (tertiary/aromatic N) is 1. The summed E-state index contributed by atoms with van der Waals surface area (Å²) in [6.45, 7) is 2.63. The number of carbonyl (C=O) groups excluding carboxylic acids is 1. The molecule has 22 heavy (non-hydrogen) atoms. The van der Waals surface area contributed by atoms with Gasteiger partial charge in [-0.1, -0.05) is 18.2 Å². The lowest BCUT2D eigenvalue weighted by Gasteiger charge is -2.56. The predicted molar refractivity (Wildman–Crippen MR) is 86.0 cm³/mol. The van der Waals surface area contributed by atoms with Crippen LogP contribution in [-0.4, -0.2) is 30.5 Å². The maximum atomic E-state index is 11.3. The molecule has 0 unspecified atom stereocenters. The molecular formula is C19H23NO2. The van der Waals surface area contributed by atoms with Gasteiger partial charge in [-0.15, -0.1) is 0 Å². The van der Waals surface area contributed by atoms with Gasteiger partial charge in [-0.25, -0.2) is 0 Å². The molecule has 0 N–H and O–H groups in total. The van der Waals surface area contributed by atoms with Crippen molar-refractivity contribution in [2.24, 2.45) is 5.92 Å². The lowest BCUT2D eigenvalue weighted by molar-refractivity contribution is -0.131. The second-order valence-corrected chi connectivity index (χ2v) is 7.06. The zero-order valence-corrected chi connectivity index (χ0v) is 13.3. The minimum absolute atomic E-state index is 0.241. The summed E-state index contributed by atoms with van der Waals surface area (Å²) in [4.78, 5) is 13.8. The molecule has 1 aromatic carbocycles. The summed E-state index contributed by atoms with van der Waals surface area (Å²) in [5.41, 5.74) is 3.12. The van der Waals surface area contributed by atoms with Crippen molar-refractivity contribution in [2.45, 2.75) is 44.1 Å². The standard InChI is InChI=1S/C19H23NO2/c1-13(21)22-15-7-6-14-11-18-16-5-3-4-8-19(16,17(14)12-15)9-10-20(18)2/h3,5-7,12,16,18H,4,8-11H2,1-2H3/t16-,18+,19+/m0/s1. The van der Waals surface area contributed by atoms with E-state index in [0.29, 0.717) is 17.7 Å². The summed E-state index contributed by atoms with van der Waals surface area (Å²) in [6.07, 6.45) is 9.48. The van der Waals surface area contributed by atoms with Gasteiger partial charge in [0.1, 0.15) is 5.75 Å². The average molecular weight is 297 g/mol. The molecule has 1 heterocycles. The summed E-state index contributed by atoms with van der Waals surface area (Å²) in [5.74, 6) is 1.06. The molecule has 0 saturated carbocycles. The van der Waals surface area contributed by atoms with Crippen LogP contribution in [0.3, 0.4) is 0 Å². The highest BCUT2D eigenvalue weighted by atomic mass is 16.5. The van der Waals surface area contributed by atoms with Crippen LogP contribution in [0.1, 0.15) is 37.3 Å². The monoisotopic (exact) mass is 297 g/mol. The Bertz CT molecular complexity index is 651. The van der Waals surface area contributed by atoms with Gasteiger partial charge in [0.15, 0.2) is 0 Å². The number of hydrogen-bond donors (Lipinski definition) is 0. The Labute approximate surface area is 132 Å². The Balaban J connectivity index is 1.84. The quantitative estimate of drug-likeness (QED) is 0.453. The van der Waals surface area contributed by atoms with Crippen molar-refractivity contribution in [2.75, 3.05) is 13.6 Å². The summed E-state index contributed by atoms with van der Waals surface area (Å²) in [6, 6.07) is 6.88. The summed E-state index contributed by atoms with van der Waals surface area (Å²) in [7, 11) is 2.26. The summed E-state index contributed by atoms with van der Waals surface area (Å²) < 4.78 is 5.35. The predicted octanol–water partition coefficient (Wildman–Crippen LogP) is 3.08. The molecule has 0 amide bonds. The number of esters is 1. The molecule has 1 saturated heterocycles. The number of piperidine rings is 1. The average Bonchev–Trinajstić information content (AvgIpc) is 2.51. The van der Waals surface area contributed by atoms with E-state index in [1.807, 2.05) is 6.07 Å². The number of likely N-dealkylation sites (N-methyl/N-ethyl adjacent to an activating group) is 1. The SMILES string of the molecule is CC(=O)Oc1ccc2c(c1)[C@@]13CCC=C[C@H]1[C@@H](C2)N(C)CC3. The van der Waals surface area contributed by atoms with Crippen molar-refractivity contribution in [1.82, 2.24) is 4.90 Å². The number of hydrogen-bond acceptors (Lipinski definition) is 3. The lowest BCUT2D eigenvalue weighted by Crippen LogP contribution is -2.58. The van der Waals surface area contributed by atoms with Crippen LogP contribution in [0.4, 0.5) is 0 Å². The lowest BCUT2D eigenvalue weighted by atomic mass is 9.54. The number of carbonyl (C=O) groups is 1. The van der Waals surface area contributed by atoms with Crippen LogP contribution in [-0.2, 0) is 16.6 Å². The van der Waals surface area contributed by atoms with E-state index in [9.17, 15) is 4.79 Å². The first-order chi connectivity index (χ1) is 10.6. The topological polar surface area (TPSA) is 29.5 Å². The van der Waals surface area contributed by atoms with Crippen LogP contribution in [0.5, 0.6) is 5.75 Å². The van der Waals surface area contributed by atoms with Crippen molar-refractivity contribution >= 4 is 5.97 Å². The van der Waals surface area contributed by atoms with Crippen LogP contribution < -0.4 is 4.74 Å².